The number of halogens is 1. The highest BCUT2D eigenvalue weighted by Gasteiger charge is 2.33. The van der Waals surface area contributed by atoms with Crippen molar-refractivity contribution in [1.29, 1.82) is 0 Å². The predicted molar refractivity (Wildman–Crippen MR) is 162 cm³/mol. The molecule has 0 N–H and O–H groups in total. The molecule has 0 radical (unpaired) electrons. The molecule has 1 fully saturated rings. The van der Waals surface area contributed by atoms with Gasteiger partial charge in [-0.15, -0.1) is 0 Å². The van der Waals surface area contributed by atoms with Gasteiger partial charge in [0.2, 0.25) is 0 Å². The molecule has 5 aromatic rings. The van der Waals surface area contributed by atoms with Crippen LogP contribution in [0.2, 0.25) is 5.02 Å². The molecule has 1 aliphatic rings. The molecule has 9 heteroatoms. The summed E-state index contributed by atoms with van der Waals surface area (Å²) in [5.74, 6) is 1.23. The van der Waals surface area contributed by atoms with E-state index in [2.05, 4.69) is 0 Å². The topological polar surface area (TPSA) is 60.5 Å². The van der Waals surface area contributed by atoms with Crippen molar-refractivity contribution in [2.45, 2.75) is 13.2 Å². The van der Waals surface area contributed by atoms with Gasteiger partial charge in [0.25, 0.3) is 5.91 Å². The Labute approximate surface area is 245 Å². The van der Waals surface area contributed by atoms with Gasteiger partial charge in [0.15, 0.2) is 0 Å². The van der Waals surface area contributed by atoms with E-state index in [1.807, 2.05) is 102 Å². The number of furan rings is 1. The number of thiocarbonyl (C=S) groups is 1. The third-order valence-corrected chi connectivity index (χ3v) is 8.04. The number of nitrogens with zero attached hydrogens (tertiary/aromatic N) is 3. The summed E-state index contributed by atoms with van der Waals surface area (Å²) in [5.41, 5.74) is 4.25. The third-order valence-electron chi connectivity index (χ3n) is 6.30. The number of thioether (sulfide) groups is 1. The molecule has 3 heterocycles. The summed E-state index contributed by atoms with van der Waals surface area (Å²) in [6, 6.07) is 28.8. The molecule has 3 aromatic carbocycles. The number of amides is 1. The molecule has 0 saturated carbocycles. The van der Waals surface area contributed by atoms with Crippen LogP contribution in [0.1, 0.15) is 16.9 Å². The molecule has 40 heavy (non-hydrogen) atoms. The Hall–Kier alpha value is -4.11. The van der Waals surface area contributed by atoms with Crippen molar-refractivity contribution in [3.05, 3.63) is 130 Å². The monoisotopic (exact) mass is 583 g/mol. The molecule has 0 spiro atoms. The maximum atomic E-state index is 13.3. The van der Waals surface area contributed by atoms with Gasteiger partial charge in [-0.3, -0.25) is 9.69 Å². The Bertz CT molecular complexity index is 1700. The van der Waals surface area contributed by atoms with Crippen LogP contribution in [-0.2, 0) is 17.9 Å². The average Bonchev–Trinajstić information content (AvgIpc) is 3.71. The number of para-hydroxylation sites is 1. The van der Waals surface area contributed by atoms with Gasteiger partial charge in [0, 0.05) is 27.9 Å². The predicted octanol–water partition coefficient (Wildman–Crippen LogP) is 7.77. The first-order chi connectivity index (χ1) is 19.5. The number of carbonyl (C=O) groups excluding carboxylic acids is 1. The molecule has 0 unspecified atom stereocenters. The summed E-state index contributed by atoms with van der Waals surface area (Å²) in [4.78, 5) is 15.4. The second-order valence-corrected chi connectivity index (χ2v) is 11.0. The number of aromatic nitrogens is 2. The largest absolute Gasteiger partial charge is 0.489 e. The molecule has 2 aromatic heterocycles. The van der Waals surface area contributed by atoms with E-state index in [0.717, 1.165) is 28.1 Å². The second kappa shape index (κ2) is 11.6. The standard InChI is InChI=1S/C31H22ClN3O3S2/c32-27-11-5-4-7-22(27)20-38-25-14-12-21(13-15-25)29-23(18-35(33-29)24-8-2-1-3-9-24)17-28-30(36)34(31(39)40-28)19-26-10-6-16-37-26/h1-18H,19-20H2. The van der Waals surface area contributed by atoms with Crippen LogP contribution in [-0.4, -0.2) is 24.9 Å². The zero-order valence-corrected chi connectivity index (χ0v) is 23.5. The van der Waals surface area contributed by atoms with Crippen molar-refractivity contribution >= 4 is 51.9 Å². The minimum Gasteiger partial charge on any atom is -0.489 e. The first kappa shape index (κ1) is 26.1. The van der Waals surface area contributed by atoms with Crippen molar-refractivity contribution in [3.63, 3.8) is 0 Å². The van der Waals surface area contributed by atoms with Crippen LogP contribution in [0.3, 0.4) is 0 Å². The summed E-state index contributed by atoms with van der Waals surface area (Å²) in [6.07, 6.45) is 5.36. The lowest BCUT2D eigenvalue weighted by molar-refractivity contribution is -0.122. The highest BCUT2D eigenvalue weighted by molar-refractivity contribution is 8.26. The third kappa shape index (κ3) is 5.60. The number of carbonyl (C=O) groups is 1. The van der Waals surface area contributed by atoms with E-state index >= 15 is 0 Å². The molecule has 198 valence electrons. The molecular formula is C31H22ClN3O3S2. The van der Waals surface area contributed by atoms with Gasteiger partial charge in [-0.05, 0) is 60.7 Å². The minimum atomic E-state index is -0.159. The van der Waals surface area contributed by atoms with Gasteiger partial charge in [0.1, 0.15) is 22.4 Å². The summed E-state index contributed by atoms with van der Waals surface area (Å²) in [6.45, 7) is 0.660. The van der Waals surface area contributed by atoms with E-state index in [1.54, 1.807) is 17.2 Å². The lowest BCUT2D eigenvalue weighted by Crippen LogP contribution is -2.27. The van der Waals surface area contributed by atoms with E-state index in [-0.39, 0.29) is 5.91 Å². The van der Waals surface area contributed by atoms with Gasteiger partial charge in [0.05, 0.1) is 29.1 Å². The zero-order valence-electron chi connectivity index (χ0n) is 21.1. The van der Waals surface area contributed by atoms with E-state index in [4.69, 9.17) is 38.1 Å². The molecule has 1 saturated heterocycles. The van der Waals surface area contributed by atoms with E-state index < -0.39 is 0 Å². The molecule has 6 rings (SSSR count). The summed E-state index contributed by atoms with van der Waals surface area (Å²) < 4.78 is 13.7. The van der Waals surface area contributed by atoms with Crippen LogP contribution in [0.25, 0.3) is 23.0 Å². The van der Waals surface area contributed by atoms with E-state index in [0.29, 0.717) is 38.9 Å². The lowest BCUT2D eigenvalue weighted by atomic mass is 10.1. The summed E-state index contributed by atoms with van der Waals surface area (Å²) in [7, 11) is 0. The van der Waals surface area contributed by atoms with Crippen LogP contribution in [0.5, 0.6) is 5.75 Å². The number of ether oxygens (including phenoxy) is 1. The van der Waals surface area contributed by atoms with Crippen molar-refractivity contribution in [3.8, 4) is 22.7 Å². The summed E-state index contributed by atoms with van der Waals surface area (Å²) in [5, 5.41) is 5.55. The van der Waals surface area contributed by atoms with Crippen molar-refractivity contribution in [2.75, 3.05) is 0 Å². The fourth-order valence-electron chi connectivity index (χ4n) is 4.25. The maximum Gasteiger partial charge on any atom is 0.266 e. The van der Waals surface area contributed by atoms with Crippen LogP contribution < -0.4 is 4.74 Å². The molecule has 0 atom stereocenters. The Morgan fingerprint density at radius 3 is 2.50 bits per heavy atom. The number of rotatable bonds is 8. The molecule has 0 bridgehead atoms. The molecule has 0 aliphatic carbocycles. The minimum absolute atomic E-state index is 0.159. The van der Waals surface area contributed by atoms with Gasteiger partial charge in [-0.25, -0.2) is 4.68 Å². The summed E-state index contributed by atoms with van der Waals surface area (Å²) >= 11 is 13.1. The zero-order chi connectivity index (χ0) is 27.5. The quantitative estimate of drug-likeness (QED) is 0.137. The lowest BCUT2D eigenvalue weighted by Gasteiger charge is -2.11. The highest BCUT2D eigenvalue weighted by Crippen LogP contribution is 2.36. The SMILES string of the molecule is O=C1C(=Cc2cn(-c3ccccc3)nc2-c2ccc(OCc3ccccc3Cl)cc2)SC(=S)N1Cc1ccco1. The number of benzene rings is 3. The number of hydrogen-bond acceptors (Lipinski definition) is 6. The van der Waals surface area contributed by atoms with Crippen LogP contribution >= 0.6 is 35.6 Å². The number of hydrogen-bond donors (Lipinski definition) is 0. The fraction of sp³-hybridized carbons (Fsp3) is 0.0645. The maximum absolute atomic E-state index is 13.3. The highest BCUT2D eigenvalue weighted by atomic mass is 35.5. The van der Waals surface area contributed by atoms with Gasteiger partial charge in [-0.1, -0.05) is 72.0 Å². The Kier molecular flexibility index (Phi) is 7.55. The second-order valence-electron chi connectivity index (χ2n) is 8.96. The van der Waals surface area contributed by atoms with Crippen LogP contribution in [0.15, 0.2) is 113 Å². The molecular weight excluding hydrogens is 562 g/mol. The Morgan fingerprint density at radius 1 is 0.975 bits per heavy atom. The smallest absolute Gasteiger partial charge is 0.266 e. The first-order valence-corrected chi connectivity index (χ1v) is 14.0. The average molecular weight is 584 g/mol. The first-order valence-electron chi connectivity index (χ1n) is 12.4. The fourth-order valence-corrected chi connectivity index (χ4v) is 5.69. The normalized spacial score (nSPS) is 14.3. The molecule has 1 amide bonds. The van der Waals surface area contributed by atoms with Crippen LogP contribution in [0.4, 0.5) is 0 Å². The molecule has 6 nitrogen and oxygen atoms in total. The Morgan fingerprint density at radius 2 is 1.75 bits per heavy atom. The van der Waals surface area contributed by atoms with Crippen LogP contribution in [0, 0.1) is 0 Å². The van der Waals surface area contributed by atoms with Gasteiger partial charge >= 0.3 is 0 Å². The molecule has 1 aliphatic heterocycles. The van der Waals surface area contributed by atoms with Crippen molar-refractivity contribution in [1.82, 2.24) is 14.7 Å². The van der Waals surface area contributed by atoms with Crippen molar-refractivity contribution in [2.24, 2.45) is 0 Å². The van der Waals surface area contributed by atoms with E-state index in [1.165, 1.54) is 11.8 Å². The Balaban J connectivity index is 1.29. The van der Waals surface area contributed by atoms with Crippen molar-refractivity contribution < 1.29 is 13.9 Å². The van der Waals surface area contributed by atoms with E-state index in [9.17, 15) is 4.79 Å². The van der Waals surface area contributed by atoms with Gasteiger partial charge < -0.3 is 9.15 Å². The van der Waals surface area contributed by atoms with Gasteiger partial charge in [-0.2, -0.15) is 5.10 Å².